The average Bonchev–Trinajstić information content (AvgIpc) is 2.34. The van der Waals surface area contributed by atoms with Gasteiger partial charge in [-0.1, -0.05) is 11.6 Å². The highest BCUT2D eigenvalue weighted by molar-refractivity contribution is 6.32. The van der Waals surface area contributed by atoms with Gasteiger partial charge in [0.2, 0.25) is 0 Å². The Kier molecular flexibility index (Phi) is 5.74. The van der Waals surface area contributed by atoms with Crippen LogP contribution in [0, 0.1) is 0 Å². The molecule has 0 aliphatic heterocycles. The maximum absolute atomic E-state index is 10.7. The van der Waals surface area contributed by atoms with E-state index in [-0.39, 0.29) is 6.61 Å². The molecule has 100 valence electrons. The molecule has 0 heterocycles. The van der Waals surface area contributed by atoms with Gasteiger partial charge in [0.05, 0.1) is 18.7 Å². The van der Waals surface area contributed by atoms with Crippen LogP contribution in [0.5, 0.6) is 11.5 Å². The SMILES string of the molecule is CC[NH2+]Cc1cc(Cl)c(OCC(N)=O)c(OC)c1. The molecule has 1 rings (SSSR count). The highest BCUT2D eigenvalue weighted by Crippen LogP contribution is 2.36. The fraction of sp³-hybridized carbons (Fsp3) is 0.417. The van der Waals surface area contributed by atoms with Crippen LogP contribution in [0.15, 0.2) is 12.1 Å². The Balaban J connectivity index is 2.92. The number of rotatable bonds is 7. The van der Waals surface area contributed by atoms with Gasteiger partial charge in [0.15, 0.2) is 18.1 Å². The first-order valence-electron chi connectivity index (χ1n) is 5.67. The number of hydrogen-bond donors (Lipinski definition) is 2. The predicted molar refractivity (Wildman–Crippen MR) is 68.9 cm³/mol. The number of benzene rings is 1. The molecule has 0 saturated carbocycles. The number of primary amides is 1. The van der Waals surface area contributed by atoms with Crippen LogP contribution in [0.4, 0.5) is 0 Å². The zero-order valence-corrected chi connectivity index (χ0v) is 11.3. The molecular weight excluding hydrogens is 256 g/mol. The quantitative estimate of drug-likeness (QED) is 0.750. The molecule has 18 heavy (non-hydrogen) atoms. The van der Waals surface area contributed by atoms with Crippen molar-refractivity contribution in [3.8, 4) is 11.5 Å². The Morgan fingerprint density at radius 2 is 2.22 bits per heavy atom. The summed E-state index contributed by atoms with van der Waals surface area (Å²) in [6.07, 6.45) is 0. The lowest BCUT2D eigenvalue weighted by molar-refractivity contribution is -0.667. The van der Waals surface area contributed by atoms with E-state index >= 15 is 0 Å². The highest BCUT2D eigenvalue weighted by Gasteiger charge is 2.13. The van der Waals surface area contributed by atoms with Gasteiger partial charge in [-0.05, 0) is 19.1 Å². The molecule has 0 bridgehead atoms. The standard InChI is InChI=1S/C12H17ClN2O3/c1-3-15-6-8-4-9(13)12(10(5-8)17-2)18-7-11(14)16/h4-5,15H,3,6-7H2,1-2H3,(H2,14,16)/p+1. The zero-order valence-electron chi connectivity index (χ0n) is 10.5. The van der Waals surface area contributed by atoms with Gasteiger partial charge in [-0.2, -0.15) is 0 Å². The number of quaternary nitrogens is 1. The van der Waals surface area contributed by atoms with Gasteiger partial charge >= 0.3 is 0 Å². The van der Waals surface area contributed by atoms with Crippen LogP contribution < -0.4 is 20.5 Å². The summed E-state index contributed by atoms with van der Waals surface area (Å²) in [4.78, 5) is 10.7. The van der Waals surface area contributed by atoms with Gasteiger partial charge in [-0.15, -0.1) is 0 Å². The number of hydrogen-bond acceptors (Lipinski definition) is 3. The smallest absolute Gasteiger partial charge is 0.255 e. The van der Waals surface area contributed by atoms with E-state index in [2.05, 4.69) is 12.2 Å². The Hall–Kier alpha value is -1.46. The maximum atomic E-state index is 10.7. The van der Waals surface area contributed by atoms with Crippen molar-refractivity contribution in [3.05, 3.63) is 22.7 Å². The van der Waals surface area contributed by atoms with Crippen LogP contribution in [0.1, 0.15) is 12.5 Å². The second-order valence-corrected chi connectivity index (χ2v) is 4.17. The lowest BCUT2D eigenvalue weighted by atomic mass is 10.2. The van der Waals surface area contributed by atoms with Crippen LogP contribution >= 0.6 is 11.6 Å². The number of amides is 1. The van der Waals surface area contributed by atoms with Crippen molar-refractivity contribution in [1.82, 2.24) is 0 Å². The van der Waals surface area contributed by atoms with Crippen LogP contribution in [0.2, 0.25) is 5.02 Å². The summed E-state index contributed by atoms with van der Waals surface area (Å²) in [6.45, 7) is 3.64. The van der Waals surface area contributed by atoms with Crippen molar-refractivity contribution < 1.29 is 19.6 Å². The van der Waals surface area contributed by atoms with E-state index in [1.807, 2.05) is 6.07 Å². The number of nitrogens with two attached hydrogens (primary N) is 2. The molecule has 0 aliphatic rings. The van der Waals surface area contributed by atoms with Crippen LogP contribution in [-0.2, 0) is 11.3 Å². The van der Waals surface area contributed by atoms with E-state index in [1.165, 1.54) is 7.11 Å². The first-order valence-corrected chi connectivity index (χ1v) is 6.05. The monoisotopic (exact) mass is 273 g/mol. The first-order chi connectivity index (χ1) is 8.58. The summed E-state index contributed by atoms with van der Waals surface area (Å²) in [5.74, 6) is 0.290. The number of carbonyl (C=O) groups excluding carboxylic acids is 1. The molecule has 0 aliphatic carbocycles. The van der Waals surface area contributed by atoms with Crippen molar-refractivity contribution in [2.75, 3.05) is 20.3 Å². The molecule has 0 saturated heterocycles. The predicted octanol–water partition coefficient (Wildman–Crippen LogP) is 0.296. The number of methoxy groups -OCH3 is 1. The Morgan fingerprint density at radius 1 is 1.50 bits per heavy atom. The summed E-state index contributed by atoms with van der Waals surface area (Å²) >= 11 is 6.10. The van der Waals surface area contributed by atoms with Gasteiger partial charge in [0.1, 0.15) is 6.54 Å². The van der Waals surface area contributed by atoms with Crippen molar-refractivity contribution in [3.63, 3.8) is 0 Å². The van der Waals surface area contributed by atoms with Gasteiger partial charge < -0.3 is 20.5 Å². The Labute approximate surface area is 111 Å². The molecule has 0 unspecified atom stereocenters. The van der Waals surface area contributed by atoms with Gasteiger partial charge in [-0.25, -0.2) is 0 Å². The Morgan fingerprint density at radius 3 is 2.78 bits per heavy atom. The summed E-state index contributed by atoms with van der Waals surface area (Å²) in [7, 11) is 1.52. The second kappa shape index (κ2) is 7.08. The average molecular weight is 274 g/mol. The van der Waals surface area contributed by atoms with Crippen molar-refractivity contribution in [2.45, 2.75) is 13.5 Å². The van der Waals surface area contributed by atoms with Crippen molar-refractivity contribution >= 4 is 17.5 Å². The minimum Gasteiger partial charge on any atom is -0.493 e. The third-order valence-corrected chi connectivity index (χ3v) is 2.60. The summed E-state index contributed by atoms with van der Waals surface area (Å²) < 4.78 is 10.4. The third kappa shape index (κ3) is 4.09. The molecule has 5 nitrogen and oxygen atoms in total. The summed E-state index contributed by atoms with van der Waals surface area (Å²) in [6, 6.07) is 3.64. The molecule has 0 radical (unpaired) electrons. The second-order valence-electron chi connectivity index (χ2n) is 3.77. The first kappa shape index (κ1) is 14.6. The molecule has 1 aromatic carbocycles. The summed E-state index contributed by atoms with van der Waals surface area (Å²) in [5.41, 5.74) is 6.06. The normalized spacial score (nSPS) is 10.2. The minimum atomic E-state index is -0.559. The van der Waals surface area contributed by atoms with E-state index in [0.29, 0.717) is 16.5 Å². The Bertz CT molecular complexity index is 424. The lowest BCUT2D eigenvalue weighted by Crippen LogP contribution is -2.81. The van der Waals surface area contributed by atoms with Crippen molar-refractivity contribution in [1.29, 1.82) is 0 Å². The largest absolute Gasteiger partial charge is 0.493 e. The molecule has 4 N–H and O–H groups in total. The van der Waals surface area contributed by atoms with E-state index < -0.39 is 5.91 Å². The lowest BCUT2D eigenvalue weighted by Gasteiger charge is -2.12. The maximum Gasteiger partial charge on any atom is 0.255 e. The van der Waals surface area contributed by atoms with Crippen molar-refractivity contribution in [2.24, 2.45) is 5.73 Å². The van der Waals surface area contributed by atoms with Gasteiger partial charge in [-0.3, -0.25) is 4.79 Å². The summed E-state index contributed by atoms with van der Waals surface area (Å²) in [5, 5.41) is 2.55. The molecule has 0 atom stereocenters. The van der Waals surface area contributed by atoms with E-state index in [1.54, 1.807) is 6.07 Å². The molecule has 1 aromatic rings. The molecular formula is C12H18ClN2O3+. The number of carbonyl (C=O) groups is 1. The van der Waals surface area contributed by atoms with E-state index in [9.17, 15) is 4.79 Å². The topological polar surface area (TPSA) is 78.2 Å². The molecule has 0 spiro atoms. The molecule has 0 fully saturated rings. The van der Waals surface area contributed by atoms with Crippen LogP contribution in [0.3, 0.4) is 0 Å². The fourth-order valence-corrected chi connectivity index (χ4v) is 1.77. The fourth-order valence-electron chi connectivity index (χ4n) is 1.49. The number of ether oxygens (including phenoxy) is 2. The highest BCUT2D eigenvalue weighted by atomic mass is 35.5. The molecule has 1 amide bonds. The minimum absolute atomic E-state index is 0.226. The van der Waals surface area contributed by atoms with E-state index in [4.69, 9.17) is 26.8 Å². The van der Waals surface area contributed by atoms with Crippen LogP contribution in [-0.4, -0.2) is 26.2 Å². The van der Waals surface area contributed by atoms with Gasteiger partial charge in [0.25, 0.3) is 5.91 Å². The van der Waals surface area contributed by atoms with Gasteiger partial charge in [0, 0.05) is 5.56 Å². The van der Waals surface area contributed by atoms with E-state index in [0.717, 1.165) is 18.7 Å². The molecule has 6 heteroatoms. The molecule has 0 aromatic heterocycles. The zero-order chi connectivity index (χ0) is 13.5. The number of halogens is 1. The third-order valence-electron chi connectivity index (χ3n) is 2.32. The van der Waals surface area contributed by atoms with Crippen LogP contribution in [0.25, 0.3) is 0 Å².